The number of carbonyl (C=O) groups excluding carboxylic acids is 1. The fraction of sp³-hybridized carbons (Fsp3) is 0.364. The number of rotatable bonds is 4. The van der Waals surface area contributed by atoms with Gasteiger partial charge in [0.05, 0.1) is 18.3 Å². The van der Waals surface area contributed by atoms with Gasteiger partial charge >= 0.3 is 6.03 Å². The fourth-order valence-corrected chi connectivity index (χ4v) is 1.26. The topological polar surface area (TPSA) is 50.4 Å². The minimum absolute atomic E-state index is 0.0754. The molecule has 17 heavy (non-hydrogen) atoms. The van der Waals surface area contributed by atoms with E-state index in [0.717, 1.165) is 12.1 Å². The van der Waals surface area contributed by atoms with E-state index in [4.69, 9.17) is 4.74 Å². The Balaban J connectivity index is 2.56. The van der Waals surface area contributed by atoms with Crippen molar-refractivity contribution >= 4 is 11.7 Å². The molecule has 6 heteroatoms. The summed E-state index contributed by atoms with van der Waals surface area (Å²) in [4.78, 5) is 11.4. The maximum Gasteiger partial charge on any atom is 0.319 e. The zero-order valence-corrected chi connectivity index (χ0v) is 9.59. The number of hydrogen-bond acceptors (Lipinski definition) is 2. The number of anilines is 1. The Hall–Kier alpha value is -1.69. The molecule has 0 spiro atoms. The lowest BCUT2D eigenvalue weighted by Crippen LogP contribution is -2.38. The van der Waals surface area contributed by atoms with E-state index in [0.29, 0.717) is 12.7 Å². The van der Waals surface area contributed by atoms with Crippen LogP contribution in [-0.4, -0.2) is 25.8 Å². The summed E-state index contributed by atoms with van der Waals surface area (Å²) in [5.41, 5.74) is -0.0754. The number of benzene rings is 1. The van der Waals surface area contributed by atoms with Crippen LogP contribution in [0, 0.1) is 11.6 Å². The smallest absolute Gasteiger partial charge is 0.319 e. The quantitative estimate of drug-likeness (QED) is 0.852. The van der Waals surface area contributed by atoms with Crippen molar-refractivity contribution in [3.63, 3.8) is 0 Å². The van der Waals surface area contributed by atoms with Crippen LogP contribution in [0.25, 0.3) is 0 Å². The lowest BCUT2D eigenvalue weighted by atomic mass is 10.3. The maximum absolute atomic E-state index is 13.2. The zero-order chi connectivity index (χ0) is 12.8. The van der Waals surface area contributed by atoms with Gasteiger partial charge in [-0.15, -0.1) is 0 Å². The third kappa shape index (κ3) is 4.36. The van der Waals surface area contributed by atoms with Crippen molar-refractivity contribution in [2.75, 3.05) is 19.0 Å². The summed E-state index contributed by atoms with van der Waals surface area (Å²) in [6.45, 7) is 2.09. The van der Waals surface area contributed by atoms with Crippen LogP contribution in [0.3, 0.4) is 0 Å². The first-order valence-electron chi connectivity index (χ1n) is 5.04. The van der Waals surface area contributed by atoms with Gasteiger partial charge in [-0.25, -0.2) is 13.6 Å². The molecule has 0 heterocycles. The molecule has 0 aliphatic carbocycles. The predicted octanol–water partition coefficient (Wildman–Crippen LogP) is 2.12. The predicted molar refractivity (Wildman–Crippen MR) is 59.9 cm³/mol. The third-order valence-electron chi connectivity index (χ3n) is 1.97. The van der Waals surface area contributed by atoms with E-state index in [1.54, 1.807) is 6.92 Å². The Kier molecular flexibility index (Phi) is 4.84. The maximum atomic E-state index is 13.2. The molecular weight excluding hydrogens is 230 g/mol. The van der Waals surface area contributed by atoms with Crippen molar-refractivity contribution in [2.45, 2.75) is 13.0 Å². The van der Waals surface area contributed by atoms with Crippen molar-refractivity contribution in [1.82, 2.24) is 5.32 Å². The number of methoxy groups -OCH3 is 1. The highest BCUT2D eigenvalue weighted by Gasteiger charge is 2.10. The van der Waals surface area contributed by atoms with Crippen LogP contribution >= 0.6 is 0 Å². The molecule has 0 saturated heterocycles. The van der Waals surface area contributed by atoms with Crippen LogP contribution in [0.5, 0.6) is 0 Å². The lowest BCUT2D eigenvalue weighted by Gasteiger charge is -2.13. The molecular formula is C11H14F2N2O2. The average molecular weight is 244 g/mol. The van der Waals surface area contributed by atoms with Crippen LogP contribution in [-0.2, 0) is 4.74 Å². The fourth-order valence-electron chi connectivity index (χ4n) is 1.26. The highest BCUT2D eigenvalue weighted by Crippen LogP contribution is 2.14. The van der Waals surface area contributed by atoms with Crippen molar-refractivity contribution < 1.29 is 18.3 Å². The second-order valence-electron chi connectivity index (χ2n) is 3.58. The number of halogens is 2. The van der Waals surface area contributed by atoms with Crippen molar-refractivity contribution in [3.05, 3.63) is 29.8 Å². The molecule has 4 nitrogen and oxygen atoms in total. The van der Waals surface area contributed by atoms with Gasteiger partial charge in [-0.2, -0.15) is 0 Å². The highest BCUT2D eigenvalue weighted by molar-refractivity contribution is 5.89. The number of urea groups is 1. The van der Waals surface area contributed by atoms with E-state index in [-0.39, 0.29) is 11.7 Å². The normalized spacial score (nSPS) is 12.0. The molecule has 0 radical (unpaired) electrons. The molecule has 1 unspecified atom stereocenters. The second-order valence-corrected chi connectivity index (χ2v) is 3.58. The monoisotopic (exact) mass is 244 g/mol. The van der Waals surface area contributed by atoms with Crippen LogP contribution in [0.15, 0.2) is 18.2 Å². The van der Waals surface area contributed by atoms with E-state index in [2.05, 4.69) is 10.6 Å². The largest absolute Gasteiger partial charge is 0.383 e. The van der Waals surface area contributed by atoms with Gasteiger partial charge in [0.15, 0.2) is 0 Å². The van der Waals surface area contributed by atoms with E-state index in [1.807, 2.05) is 0 Å². The van der Waals surface area contributed by atoms with Crippen molar-refractivity contribution in [1.29, 1.82) is 0 Å². The molecule has 1 aromatic rings. The van der Waals surface area contributed by atoms with Crippen LogP contribution < -0.4 is 10.6 Å². The third-order valence-corrected chi connectivity index (χ3v) is 1.97. The van der Waals surface area contributed by atoms with Gasteiger partial charge in [0.25, 0.3) is 0 Å². The molecule has 0 aliphatic heterocycles. The van der Waals surface area contributed by atoms with Gasteiger partial charge in [0.1, 0.15) is 11.6 Å². The first kappa shape index (κ1) is 13.4. The Morgan fingerprint density at radius 2 is 2.18 bits per heavy atom. The molecule has 0 fully saturated rings. The molecule has 0 aliphatic rings. The van der Waals surface area contributed by atoms with Gasteiger partial charge in [0.2, 0.25) is 0 Å². The molecule has 0 bridgehead atoms. The Labute approximate surface area is 98.0 Å². The summed E-state index contributed by atoms with van der Waals surface area (Å²) >= 11 is 0. The summed E-state index contributed by atoms with van der Waals surface area (Å²) in [6, 6.07) is 2.15. The summed E-state index contributed by atoms with van der Waals surface area (Å²) in [6.07, 6.45) is 0. The Bertz CT molecular complexity index is 399. The highest BCUT2D eigenvalue weighted by atomic mass is 19.1. The van der Waals surface area contributed by atoms with E-state index in [9.17, 15) is 13.6 Å². The molecule has 1 atom stereocenters. The number of hydrogen-bond donors (Lipinski definition) is 2. The number of amides is 2. The van der Waals surface area contributed by atoms with Gasteiger partial charge < -0.3 is 15.4 Å². The molecule has 0 saturated carbocycles. The standard InChI is InChI=1S/C11H14F2N2O2/c1-7(6-17-2)14-11(16)15-10-4-3-8(12)5-9(10)13/h3-5,7H,6H2,1-2H3,(H2,14,15,16). The molecule has 0 aromatic heterocycles. The van der Waals surface area contributed by atoms with Gasteiger partial charge in [-0.05, 0) is 19.1 Å². The first-order chi connectivity index (χ1) is 8.02. The SMILES string of the molecule is COCC(C)NC(=O)Nc1ccc(F)cc1F. The minimum atomic E-state index is -0.820. The van der Waals surface area contributed by atoms with Crippen LogP contribution in [0.4, 0.5) is 19.3 Å². The Morgan fingerprint density at radius 1 is 1.47 bits per heavy atom. The van der Waals surface area contributed by atoms with Crippen LogP contribution in [0.1, 0.15) is 6.92 Å². The zero-order valence-electron chi connectivity index (χ0n) is 9.59. The van der Waals surface area contributed by atoms with Crippen molar-refractivity contribution in [2.24, 2.45) is 0 Å². The number of carbonyl (C=O) groups is 1. The summed E-state index contributed by atoms with van der Waals surface area (Å²) < 4.78 is 30.6. The average Bonchev–Trinajstić information content (AvgIpc) is 2.22. The number of ether oxygens (including phenoxy) is 1. The van der Waals surface area contributed by atoms with E-state index < -0.39 is 17.7 Å². The first-order valence-corrected chi connectivity index (χ1v) is 5.04. The second kappa shape index (κ2) is 6.15. The lowest BCUT2D eigenvalue weighted by molar-refractivity contribution is 0.173. The van der Waals surface area contributed by atoms with Crippen LogP contribution in [0.2, 0.25) is 0 Å². The van der Waals surface area contributed by atoms with Gasteiger partial charge in [-0.1, -0.05) is 0 Å². The van der Waals surface area contributed by atoms with Gasteiger partial charge in [-0.3, -0.25) is 0 Å². The summed E-state index contributed by atoms with van der Waals surface area (Å²) in [7, 11) is 1.51. The van der Waals surface area contributed by atoms with Gasteiger partial charge in [0, 0.05) is 13.2 Å². The number of nitrogens with one attached hydrogen (secondary N) is 2. The molecule has 94 valence electrons. The summed E-state index contributed by atoms with van der Waals surface area (Å²) in [5, 5.41) is 4.82. The summed E-state index contributed by atoms with van der Waals surface area (Å²) in [5.74, 6) is -1.51. The Morgan fingerprint density at radius 3 is 2.76 bits per heavy atom. The van der Waals surface area contributed by atoms with Crippen molar-refractivity contribution in [3.8, 4) is 0 Å². The minimum Gasteiger partial charge on any atom is -0.383 e. The molecule has 2 amide bonds. The molecule has 2 N–H and O–H groups in total. The molecule has 1 aromatic carbocycles. The van der Waals surface area contributed by atoms with E-state index in [1.165, 1.54) is 7.11 Å². The van der Waals surface area contributed by atoms with E-state index >= 15 is 0 Å². The molecule has 1 rings (SSSR count).